The lowest BCUT2D eigenvalue weighted by Gasteiger charge is -2.12. The molecule has 0 aromatic carbocycles. The molecule has 1 rings (SSSR count). The van der Waals surface area contributed by atoms with E-state index in [0.29, 0.717) is 19.6 Å². The lowest BCUT2D eigenvalue weighted by molar-refractivity contribution is -0.0945. The minimum Gasteiger partial charge on any atom is -0.347 e. The number of rotatable bonds is 3. The summed E-state index contributed by atoms with van der Waals surface area (Å²) < 4.78 is 22.8. The van der Waals surface area contributed by atoms with Crippen LogP contribution in [0.1, 0.15) is 19.8 Å². The fourth-order valence-corrected chi connectivity index (χ4v) is 0.997. The minimum absolute atomic E-state index is 0.532. The van der Waals surface area contributed by atoms with Gasteiger partial charge in [-0.15, -0.1) is 0 Å². The van der Waals surface area contributed by atoms with Gasteiger partial charge in [0.25, 0.3) is 0 Å². The molecule has 0 bridgehead atoms. The highest BCUT2D eigenvalue weighted by Gasteiger charge is 2.25. The third kappa shape index (κ3) is 1.92. The summed E-state index contributed by atoms with van der Waals surface area (Å²) >= 11 is 0. The van der Waals surface area contributed by atoms with E-state index in [0.717, 1.165) is 6.42 Å². The van der Waals surface area contributed by atoms with Crippen LogP contribution >= 0.6 is 0 Å². The van der Waals surface area contributed by atoms with Crippen LogP contribution < -0.4 is 0 Å². The van der Waals surface area contributed by atoms with Gasteiger partial charge in [-0.25, -0.2) is 4.39 Å². The van der Waals surface area contributed by atoms with Crippen molar-refractivity contribution < 1.29 is 13.9 Å². The topological polar surface area (TPSA) is 18.5 Å². The summed E-state index contributed by atoms with van der Waals surface area (Å²) in [6.45, 7) is 3.02. The molecule has 1 heterocycles. The Morgan fingerprint density at radius 1 is 1.50 bits per heavy atom. The number of halogens is 1. The Bertz CT molecular complexity index is 91.6. The normalized spacial score (nSPS) is 23.4. The molecule has 0 aromatic heterocycles. The van der Waals surface area contributed by atoms with Gasteiger partial charge in [0, 0.05) is 0 Å². The van der Waals surface area contributed by atoms with Gasteiger partial charge in [-0.3, -0.25) is 0 Å². The molecule has 0 spiro atoms. The summed E-state index contributed by atoms with van der Waals surface area (Å²) in [6.07, 6.45) is -0.151. The molecule has 1 unspecified atom stereocenters. The highest BCUT2D eigenvalue weighted by atomic mass is 19.1. The monoisotopic (exact) mass is 148 g/mol. The SMILES string of the molecule is CCCC(F)C1OCCO1. The predicted molar refractivity (Wildman–Crippen MR) is 35.5 cm³/mol. The zero-order valence-corrected chi connectivity index (χ0v) is 6.18. The summed E-state index contributed by atoms with van der Waals surface area (Å²) in [4.78, 5) is 0. The molecule has 0 radical (unpaired) electrons. The summed E-state index contributed by atoms with van der Waals surface area (Å²) in [5, 5.41) is 0. The van der Waals surface area contributed by atoms with Gasteiger partial charge in [-0.05, 0) is 6.42 Å². The van der Waals surface area contributed by atoms with Gasteiger partial charge >= 0.3 is 0 Å². The molecule has 1 fully saturated rings. The molecule has 60 valence electrons. The molecule has 1 saturated heterocycles. The molecule has 1 aliphatic heterocycles. The van der Waals surface area contributed by atoms with Crippen LogP contribution in [0, 0.1) is 0 Å². The number of alkyl halides is 1. The Hall–Kier alpha value is -0.150. The van der Waals surface area contributed by atoms with E-state index in [1.165, 1.54) is 0 Å². The first-order valence-electron chi connectivity index (χ1n) is 3.72. The molecule has 10 heavy (non-hydrogen) atoms. The van der Waals surface area contributed by atoms with Crippen molar-refractivity contribution in [2.45, 2.75) is 32.2 Å². The van der Waals surface area contributed by atoms with E-state index in [1.807, 2.05) is 6.92 Å². The average molecular weight is 148 g/mol. The van der Waals surface area contributed by atoms with Gasteiger partial charge in [0.1, 0.15) is 0 Å². The van der Waals surface area contributed by atoms with Gasteiger partial charge < -0.3 is 9.47 Å². The minimum atomic E-state index is -0.938. The standard InChI is InChI=1S/C7H13FO2/c1-2-3-6(8)7-9-4-5-10-7/h6-7H,2-5H2,1H3. The lowest BCUT2D eigenvalue weighted by Crippen LogP contribution is -2.22. The molecule has 1 atom stereocenters. The zero-order chi connectivity index (χ0) is 7.40. The van der Waals surface area contributed by atoms with Crippen molar-refractivity contribution in [3.8, 4) is 0 Å². The first-order chi connectivity index (χ1) is 4.84. The van der Waals surface area contributed by atoms with E-state index in [9.17, 15) is 4.39 Å². The highest BCUT2D eigenvalue weighted by Crippen LogP contribution is 2.15. The predicted octanol–water partition coefficient (Wildman–Crippen LogP) is 1.50. The maximum atomic E-state index is 12.9. The van der Waals surface area contributed by atoms with Crippen molar-refractivity contribution in [2.24, 2.45) is 0 Å². The molecule has 0 amide bonds. The fraction of sp³-hybridized carbons (Fsp3) is 1.00. The third-order valence-corrected chi connectivity index (χ3v) is 1.51. The second-order valence-electron chi connectivity index (χ2n) is 2.41. The second-order valence-corrected chi connectivity index (χ2v) is 2.41. The average Bonchev–Trinajstić information content (AvgIpc) is 2.38. The van der Waals surface area contributed by atoms with Crippen molar-refractivity contribution in [3.05, 3.63) is 0 Å². The van der Waals surface area contributed by atoms with Crippen molar-refractivity contribution in [1.82, 2.24) is 0 Å². The van der Waals surface area contributed by atoms with Crippen LogP contribution in [-0.4, -0.2) is 25.7 Å². The van der Waals surface area contributed by atoms with Gasteiger partial charge in [-0.2, -0.15) is 0 Å². The largest absolute Gasteiger partial charge is 0.347 e. The molecular weight excluding hydrogens is 135 g/mol. The van der Waals surface area contributed by atoms with Crippen molar-refractivity contribution in [2.75, 3.05) is 13.2 Å². The zero-order valence-electron chi connectivity index (χ0n) is 6.18. The quantitative estimate of drug-likeness (QED) is 0.603. The van der Waals surface area contributed by atoms with Gasteiger partial charge in [0.05, 0.1) is 13.2 Å². The Kier molecular flexibility index (Phi) is 3.09. The molecule has 0 saturated carbocycles. The van der Waals surface area contributed by atoms with E-state index in [2.05, 4.69) is 0 Å². The molecule has 2 nitrogen and oxygen atoms in total. The van der Waals surface area contributed by atoms with Crippen LogP contribution in [-0.2, 0) is 9.47 Å². The molecule has 3 heteroatoms. The first kappa shape index (κ1) is 7.95. The number of ether oxygens (including phenoxy) is 2. The van der Waals surface area contributed by atoms with E-state index < -0.39 is 12.5 Å². The van der Waals surface area contributed by atoms with Gasteiger partial charge in [0.15, 0.2) is 12.5 Å². The Labute approximate surface area is 60.3 Å². The van der Waals surface area contributed by atoms with Crippen LogP contribution in [0.15, 0.2) is 0 Å². The van der Waals surface area contributed by atoms with Crippen LogP contribution in [0.3, 0.4) is 0 Å². The second kappa shape index (κ2) is 3.88. The van der Waals surface area contributed by atoms with Gasteiger partial charge in [0.2, 0.25) is 0 Å². The van der Waals surface area contributed by atoms with Crippen LogP contribution in [0.2, 0.25) is 0 Å². The summed E-state index contributed by atoms with van der Waals surface area (Å²) in [5.41, 5.74) is 0. The summed E-state index contributed by atoms with van der Waals surface area (Å²) in [5.74, 6) is 0. The van der Waals surface area contributed by atoms with Crippen molar-refractivity contribution in [1.29, 1.82) is 0 Å². The fourth-order valence-electron chi connectivity index (χ4n) is 0.997. The van der Waals surface area contributed by atoms with E-state index in [-0.39, 0.29) is 0 Å². The first-order valence-corrected chi connectivity index (χ1v) is 3.72. The Morgan fingerprint density at radius 3 is 2.60 bits per heavy atom. The smallest absolute Gasteiger partial charge is 0.188 e. The van der Waals surface area contributed by atoms with Crippen molar-refractivity contribution in [3.63, 3.8) is 0 Å². The highest BCUT2D eigenvalue weighted by molar-refractivity contribution is 4.63. The summed E-state index contributed by atoms with van der Waals surface area (Å²) in [7, 11) is 0. The summed E-state index contributed by atoms with van der Waals surface area (Å²) in [6, 6.07) is 0. The molecule has 0 aromatic rings. The number of hydrogen-bond acceptors (Lipinski definition) is 2. The molecule has 0 aliphatic carbocycles. The maximum Gasteiger partial charge on any atom is 0.188 e. The Morgan fingerprint density at radius 2 is 2.10 bits per heavy atom. The van der Waals surface area contributed by atoms with E-state index in [1.54, 1.807) is 0 Å². The van der Waals surface area contributed by atoms with Crippen molar-refractivity contribution >= 4 is 0 Å². The Balaban J connectivity index is 2.18. The maximum absolute atomic E-state index is 12.9. The van der Waals surface area contributed by atoms with E-state index >= 15 is 0 Å². The van der Waals surface area contributed by atoms with Crippen LogP contribution in [0.5, 0.6) is 0 Å². The number of hydrogen-bond donors (Lipinski definition) is 0. The van der Waals surface area contributed by atoms with Crippen LogP contribution in [0.4, 0.5) is 4.39 Å². The molecule has 0 N–H and O–H groups in total. The van der Waals surface area contributed by atoms with E-state index in [4.69, 9.17) is 9.47 Å². The lowest BCUT2D eigenvalue weighted by atomic mass is 10.2. The molecule has 1 aliphatic rings. The van der Waals surface area contributed by atoms with Crippen LogP contribution in [0.25, 0.3) is 0 Å². The third-order valence-electron chi connectivity index (χ3n) is 1.51. The molecular formula is C7H13FO2. The van der Waals surface area contributed by atoms with Gasteiger partial charge in [-0.1, -0.05) is 13.3 Å².